The Morgan fingerprint density at radius 3 is 2.43 bits per heavy atom. The number of methoxy groups -OCH3 is 1. The van der Waals surface area contributed by atoms with Gasteiger partial charge in [0, 0.05) is 42.8 Å². The van der Waals surface area contributed by atoms with Crippen LogP contribution in [0, 0.1) is 0 Å². The van der Waals surface area contributed by atoms with Crippen molar-refractivity contribution in [3.05, 3.63) is 87.9 Å². The molecule has 2 amide bonds. The highest BCUT2D eigenvalue weighted by Gasteiger charge is 2.36. The van der Waals surface area contributed by atoms with E-state index in [0.29, 0.717) is 16.5 Å². The molecule has 1 saturated heterocycles. The molecular weight excluding hydrogens is 550 g/mol. The standard InChI is InChI=1S/C34H40ClN3O4/c1-6-21(2)42-32-19-30-26(17-31(32)41-5)18-33(40)38(34(30)25-7-11-27(35)12-8-25)29-13-9-24(10-14-29)22(3)37-16-15-28(20-37)36-23(4)39/h7-14,17,19,21-22,28,34H,6,15-16,18,20H2,1-5H3,(H,36,39)/t21-,22?,28?,34+/m1/s1. The largest absolute Gasteiger partial charge is 0.493 e. The summed E-state index contributed by atoms with van der Waals surface area (Å²) in [4.78, 5) is 29.6. The molecule has 42 heavy (non-hydrogen) atoms. The minimum absolute atomic E-state index is 0.0126. The molecule has 2 aliphatic rings. The Labute approximate surface area is 253 Å². The first-order valence-corrected chi connectivity index (χ1v) is 15.1. The number of nitrogens with zero attached hydrogens (tertiary/aromatic N) is 2. The fourth-order valence-corrected chi connectivity index (χ4v) is 6.17. The Hall–Kier alpha value is -3.55. The van der Waals surface area contributed by atoms with Crippen molar-refractivity contribution >= 4 is 29.1 Å². The van der Waals surface area contributed by atoms with Crippen LogP contribution in [-0.2, 0) is 16.0 Å². The van der Waals surface area contributed by atoms with Crippen LogP contribution in [0.5, 0.6) is 11.5 Å². The first kappa shape index (κ1) is 29.9. The van der Waals surface area contributed by atoms with E-state index < -0.39 is 0 Å². The number of anilines is 1. The van der Waals surface area contributed by atoms with Crippen molar-refractivity contribution in [3.63, 3.8) is 0 Å². The molecule has 1 fully saturated rings. The minimum Gasteiger partial charge on any atom is -0.493 e. The zero-order valence-corrected chi connectivity index (χ0v) is 25.8. The molecule has 2 heterocycles. The Morgan fingerprint density at radius 2 is 1.79 bits per heavy atom. The monoisotopic (exact) mass is 589 g/mol. The Balaban J connectivity index is 1.50. The van der Waals surface area contributed by atoms with Crippen molar-refractivity contribution in [1.29, 1.82) is 0 Å². The van der Waals surface area contributed by atoms with Gasteiger partial charge in [-0.05, 0) is 85.3 Å². The third-order valence-electron chi connectivity index (χ3n) is 8.51. The van der Waals surface area contributed by atoms with E-state index in [1.807, 2.05) is 60.4 Å². The van der Waals surface area contributed by atoms with Gasteiger partial charge in [-0.25, -0.2) is 0 Å². The molecular formula is C34H40ClN3O4. The Morgan fingerprint density at radius 1 is 1.07 bits per heavy atom. The molecule has 0 aromatic heterocycles. The van der Waals surface area contributed by atoms with Crippen molar-refractivity contribution in [2.45, 2.75) is 71.2 Å². The lowest BCUT2D eigenvalue weighted by molar-refractivity contribution is -0.120. The summed E-state index contributed by atoms with van der Waals surface area (Å²) in [6.07, 6.45) is 2.09. The maximum absolute atomic E-state index is 13.9. The van der Waals surface area contributed by atoms with Crippen LogP contribution in [0.3, 0.4) is 0 Å². The number of hydrogen-bond donors (Lipinski definition) is 1. The van der Waals surface area contributed by atoms with Crippen LogP contribution in [0.1, 0.15) is 74.9 Å². The van der Waals surface area contributed by atoms with E-state index in [2.05, 4.69) is 36.2 Å². The van der Waals surface area contributed by atoms with Crippen LogP contribution in [0.15, 0.2) is 60.7 Å². The summed E-state index contributed by atoms with van der Waals surface area (Å²) < 4.78 is 11.9. The molecule has 0 radical (unpaired) electrons. The minimum atomic E-state index is -0.357. The number of halogens is 1. The van der Waals surface area contributed by atoms with Gasteiger partial charge in [-0.15, -0.1) is 0 Å². The molecule has 4 atom stereocenters. The summed E-state index contributed by atoms with van der Waals surface area (Å²) in [5, 5.41) is 3.68. The van der Waals surface area contributed by atoms with Crippen molar-refractivity contribution in [3.8, 4) is 11.5 Å². The van der Waals surface area contributed by atoms with Gasteiger partial charge in [-0.3, -0.25) is 14.5 Å². The highest BCUT2D eigenvalue weighted by atomic mass is 35.5. The lowest BCUT2D eigenvalue weighted by atomic mass is 9.86. The maximum atomic E-state index is 13.9. The molecule has 222 valence electrons. The lowest BCUT2D eigenvalue weighted by Gasteiger charge is -2.38. The molecule has 0 saturated carbocycles. The molecule has 2 unspecified atom stereocenters. The lowest BCUT2D eigenvalue weighted by Crippen LogP contribution is -2.41. The van der Waals surface area contributed by atoms with Crippen molar-refractivity contribution in [2.75, 3.05) is 25.1 Å². The van der Waals surface area contributed by atoms with Crippen molar-refractivity contribution in [2.24, 2.45) is 0 Å². The van der Waals surface area contributed by atoms with E-state index in [0.717, 1.165) is 48.3 Å². The average molecular weight is 590 g/mol. The van der Waals surface area contributed by atoms with Gasteiger partial charge in [-0.1, -0.05) is 42.8 Å². The molecule has 3 aromatic rings. The second-order valence-electron chi connectivity index (χ2n) is 11.4. The van der Waals surface area contributed by atoms with E-state index in [4.69, 9.17) is 21.1 Å². The normalized spacial score (nSPS) is 20.1. The first-order valence-electron chi connectivity index (χ1n) is 14.7. The highest BCUT2D eigenvalue weighted by molar-refractivity contribution is 6.30. The van der Waals surface area contributed by atoms with Gasteiger partial charge in [0.2, 0.25) is 11.8 Å². The van der Waals surface area contributed by atoms with Crippen molar-refractivity contribution < 1.29 is 19.1 Å². The van der Waals surface area contributed by atoms with Crippen molar-refractivity contribution in [1.82, 2.24) is 10.2 Å². The van der Waals surface area contributed by atoms with E-state index in [-0.39, 0.29) is 42.5 Å². The number of amides is 2. The zero-order chi connectivity index (χ0) is 30.0. The smallest absolute Gasteiger partial charge is 0.232 e. The van der Waals surface area contributed by atoms with Gasteiger partial charge < -0.3 is 19.7 Å². The fourth-order valence-electron chi connectivity index (χ4n) is 6.04. The quantitative estimate of drug-likeness (QED) is 0.309. The molecule has 5 rings (SSSR count). The second-order valence-corrected chi connectivity index (χ2v) is 11.8. The summed E-state index contributed by atoms with van der Waals surface area (Å²) in [7, 11) is 1.63. The molecule has 0 spiro atoms. The van der Waals surface area contributed by atoms with Gasteiger partial charge in [0.25, 0.3) is 0 Å². The number of fused-ring (bicyclic) bond motifs is 1. The number of hydrogen-bond acceptors (Lipinski definition) is 5. The number of likely N-dealkylation sites (tertiary alicyclic amines) is 1. The van der Waals surface area contributed by atoms with E-state index in [1.165, 1.54) is 5.56 Å². The molecule has 3 aromatic carbocycles. The Kier molecular flexibility index (Phi) is 9.09. The van der Waals surface area contributed by atoms with E-state index >= 15 is 0 Å². The predicted molar refractivity (Wildman–Crippen MR) is 167 cm³/mol. The number of carbonyl (C=O) groups excluding carboxylic acids is 2. The van der Waals surface area contributed by atoms with Crippen LogP contribution >= 0.6 is 11.6 Å². The van der Waals surface area contributed by atoms with Gasteiger partial charge in [0.15, 0.2) is 11.5 Å². The topological polar surface area (TPSA) is 71.1 Å². The molecule has 7 nitrogen and oxygen atoms in total. The number of nitrogens with one attached hydrogen (secondary N) is 1. The summed E-state index contributed by atoms with van der Waals surface area (Å²) in [6, 6.07) is 20.0. The molecule has 1 N–H and O–H groups in total. The molecule has 0 bridgehead atoms. The number of benzene rings is 3. The van der Waals surface area contributed by atoms with Crippen LogP contribution < -0.4 is 19.7 Å². The van der Waals surface area contributed by atoms with Gasteiger partial charge in [0.1, 0.15) is 0 Å². The number of rotatable bonds is 9. The first-order chi connectivity index (χ1) is 20.2. The zero-order valence-electron chi connectivity index (χ0n) is 25.0. The average Bonchev–Trinajstić information content (AvgIpc) is 3.44. The summed E-state index contributed by atoms with van der Waals surface area (Å²) >= 11 is 6.26. The molecule has 2 aliphatic heterocycles. The third-order valence-corrected chi connectivity index (χ3v) is 8.76. The van der Waals surface area contributed by atoms with Crippen LogP contribution in [-0.4, -0.2) is 49.1 Å². The van der Waals surface area contributed by atoms with Gasteiger partial charge in [-0.2, -0.15) is 0 Å². The fraction of sp³-hybridized carbons (Fsp3) is 0.412. The van der Waals surface area contributed by atoms with E-state index in [9.17, 15) is 9.59 Å². The second kappa shape index (κ2) is 12.8. The van der Waals surface area contributed by atoms with Gasteiger partial charge in [0.05, 0.1) is 25.7 Å². The summed E-state index contributed by atoms with van der Waals surface area (Å²) in [6.45, 7) is 9.64. The van der Waals surface area contributed by atoms with Crippen LogP contribution in [0.4, 0.5) is 5.69 Å². The third kappa shape index (κ3) is 6.27. The number of ether oxygens (including phenoxy) is 2. The predicted octanol–water partition coefficient (Wildman–Crippen LogP) is 6.48. The highest BCUT2D eigenvalue weighted by Crippen LogP contribution is 2.44. The number of carbonyl (C=O) groups is 2. The summed E-state index contributed by atoms with van der Waals surface area (Å²) in [5.74, 6) is 1.33. The van der Waals surface area contributed by atoms with E-state index in [1.54, 1.807) is 14.0 Å². The summed E-state index contributed by atoms with van der Waals surface area (Å²) in [5.41, 5.74) is 4.90. The molecule has 8 heteroatoms. The Bertz CT molecular complexity index is 1430. The molecule has 0 aliphatic carbocycles. The maximum Gasteiger partial charge on any atom is 0.232 e. The van der Waals surface area contributed by atoms with Gasteiger partial charge >= 0.3 is 0 Å². The van der Waals surface area contributed by atoms with Crippen LogP contribution in [0.2, 0.25) is 5.02 Å². The SMILES string of the molecule is CC[C@@H](C)Oc1cc2c(cc1OC)CC(=O)N(c1ccc(C(C)N3CCC(NC(C)=O)C3)cc1)[C@H]2c1ccc(Cl)cc1. The van der Waals surface area contributed by atoms with Crippen LogP contribution in [0.25, 0.3) is 0 Å².